The van der Waals surface area contributed by atoms with E-state index in [1.165, 1.54) is 24.6 Å². The monoisotopic (exact) mass is 523 g/mol. The van der Waals surface area contributed by atoms with Crippen molar-refractivity contribution >= 4 is 5.91 Å². The van der Waals surface area contributed by atoms with Gasteiger partial charge in [0.25, 0.3) is 5.91 Å². The van der Waals surface area contributed by atoms with Crippen LogP contribution in [0.15, 0.2) is 29.3 Å². The summed E-state index contributed by atoms with van der Waals surface area (Å²) in [6.07, 6.45) is -10.4. The van der Waals surface area contributed by atoms with Gasteiger partial charge in [-0.3, -0.25) is 14.2 Å². The van der Waals surface area contributed by atoms with E-state index >= 15 is 0 Å². The maximum absolute atomic E-state index is 13.3. The lowest BCUT2D eigenvalue weighted by Crippen LogP contribution is -2.28. The molecule has 6 nitrogen and oxygen atoms in total. The predicted octanol–water partition coefficient (Wildman–Crippen LogP) is 5.38. The number of aliphatic hydroxyl groups is 1. The average Bonchev–Trinajstić information content (AvgIpc) is 3.00. The Hall–Kier alpha value is -2.76. The van der Waals surface area contributed by atoms with Gasteiger partial charge in [0.05, 0.1) is 16.7 Å². The SMILES string of the molecule is Cn1c(C(C)(C)C)c/c(=N\C(=O)c2cc(C(F)(F)F)ccc2OCC(C)(C)O)n1CCCC(F)(F)F. The normalized spacial score (nSPS) is 13.9. The molecule has 0 atom stereocenters. The van der Waals surface area contributed by atoms with Crippen molar-refractivity contribution in [3.05, 3.63) is 46.6 Å². The van der Waals surface area contributed by atoms with E-state index in [-0.39, 0.29) is 30.8 Å². The zero-order valence-corrected chi connectivity index (χ0v) is 21.0. The molecule has 1 heterocycles. The van der Waals surface area contributed by atoms with Crippen molar-refractivity contribution in [2.75, 3.05) is 6.61 Å². The number of aromatic nitrogens is 2. The molecule has 36 heavy (non-hydrogen) atoms. The summed E-state index contributed by atoms with van der Waals surface area (Å²) in [6, 6.07) is 3.85. The number of ether oxygens (including phenoxy) is 1. The van der Waals surface area contributed by atoms with Crippen LogP contribution in [0, 0.1) is 0 Å². The molecule has 0 aliphatic rings. The maximum atomic E-state index is 13.3. The highest BCUT2D eigenvalue weighted by atomic mass is 19.4. The Morgan fingerprint density at radius 2 is 1.64 bits per heavy atom. The lowest BCUT2D eigenvalue weighted by atomic mass is 9.92. The molecule has 0 bridgehead atoms. The van der Waals surface area contributed by atoms with Crippen LogP contribution in [-0.4, -0.2) is 38.8 Å². The molecule has 0 saturated heterocycles. The number of carbonyl (C=O) groups excluding carboxylic acids is 1. The van der Waals surface area contributed by atoms with E-state index in [0.717, 1.165) is 12.1 Å². The zero-order valence-electron chi connectivity index (χ0n) is 21.0. The van der Waals surface area contributed by atoms with Crippen molar-refractivity contribution in [2.24, 2.45) is 12.0 Å². The number of amides is 1. The van der Waals surface area contributed by atoms with Gasteiger partial charge in [-0.2, -0.15) is 31.3 Å². The Balaban J connectivity index is 2.61. The number of hydrogen-bond donors (Lipinski definition) is 1. The lowest BCUT2D eigenvalue weighted by Gasteiger charge is -2.21. The molecule has 0 aliphatic carbocycles. The van der Waals surface area contributed by atoms with Gasteiger partial charge in [-0.25, -0.2) is 0 Å². The molecule has 2 rings (SSSR count). The van der Waals surface area contributed by atoms with Gasteiger partial charge in [0, 0.05) is 37.2 Å². The quantitative estimate of drug-likeness (QED) is 0.496. The van der Waals surface area contributed by atoms with Crippen molar-refractivity contribution in [3.8, 4) is 5.75 Å². The molecule has 0 fully saturated rings. The molecule has 0 unspecified atom stereocenters. The van der Waals surface area contributed by atoms with Crippen molar-refractivity contribution in [1.29, 1.82) is 0 Å². The van der Waals surface area contributed by atoms with E-state index in [1.807, 2.05) is 20.8 Å². The summed E-state index contributed by atoms with van der Waals surface area (Å²) in [4.78, 5) is 17.1. The van der Waals surface area contributed by atoms with Gasteiger partial charge in [0.2, 0.25) is 0 Å². The molecular weight excluding hydrogens is 492 g/mol. The first kappa shape index (κ1) is 29.5. The largest absolute Gasteiger partial charge is 0.490 e. The third-order valence-electron chi connectivity index (χ3n) is 5.17. The minimum atomic E-state index is -4.74. The van der Waals surface area contributed by atoms with Gasteiger partial charge in [-0.05, 0) is 38.5 Å². The molecule has 0 spiro atoms. The van der Waals surface area contributed by atoms with E-state index in [1.54, 1.807) is 11.7 Å². The van der Waals surface area contributed by atoms with Gasteiger partial charge < -0.3 is 9.84 Å². The van der Waals surface area contributed by atoms with Crippen LogP contribution in [0.1, 0.15) is 69.1 Å². The first-order valence-corrected chi connectivity index (χ1v) is 11.2. The number of halogens is 6. The first-order chi connectivity index (χ1) is 16.2. The predicted molar refractivity (Wildman–Crippen MR) is 121 cm³/mol. The molecule has 202 valence electrons. The van der Waals surface area contributed by atoms with E-state index in [4.69, 9.17) is 4.74 Å². The molecule has 0 aliphatic heterocycles. The number of rotatable bonds is 7. The highest BCUT2D eigenvalue weighted by molar-refractivity contribution is 5.97. The minimum absolute atomic E-state index is 0.000416. The highest BCUT2D eigenvalue weighted by Crippen LogP contribution is 2.33. The third kappa shape index (κ3) is 8.14. The smallest absolute Gasteiger partial charge is 0.416 e. The molecule has 0 radical (unpaired) electrons. The Kier molecular flexibility index (Phi) is 8.44. The minimum Gasteiger partial charge on any atom is -0.490 e. The number of alkyl halides is 6. The van der Waals surface area contributed by atoms with Crippen molar-refractivity contribution in [2.45, 2.75) is 77.4 Å². The fourth-order valence-electron chi connectivity index (χ4n) is 3.48. The van der Waals surface area contributed by atoms with E-state index in [9.17, 15) is 36.2 Å². The summed E-state index contributed by atoms with van der Waals surface area (Å²) < 4.78 is 86.5. The summed E-state index contributed by atoms with van der Waals surface area (Å²) in [5.41, 5.74) is -2.73. The van der Waals surface area contributed by atoms with Gasteiger partial charge in [-0.1, -0.05) is 20.8 Å². The van der Waals surface area contributed by atoms with Crippen LogP contribution in [0.2, 0.25) is 0 Å². The summed E-state index contributed by atoms with van der Waals surface area (Å²) in [6.45, 7) is 8.00. The number of nitrogens with zero attached hydrogens (tertiary/aromatic N) is 3. The summed E-state index contributed by atoms with van der Waals surface area (Å²) in [5.74, 6) is -1.28. The second kappa shape index (κ2) is 10.3. The Labute approximate surface area is 205 Å². The number of benzene rings is 1. The molecule has 1 amide bonds. The fourth-order valence-corrected chi connectivity index (χ4v) is 3.48. The second-order valence-electron chi connectivity index (χ2n) is 10.2. The topological polar surface area (TPSA) is 68.8 Å². The second-order valence-corrected chi connectivity index (χ2v) is 10.2. The van der Waals surface area contributed by atoms with Crippen LogP contribution >= 0.6 is 0 Å². The Bertz CT molecular complexity index is 1150. The van der Waals surface area contributed by atoms with Gasteiger partial charge in [-0.15, -0.1) is 0 Å². The maximum Gasteiger partial charge on any atom is 0.416 e. The molecule has 1 N–H and O–H groups in total. The third-order valence-corrected chi connectivity index (χ3v) is 5.17. The van der Waals surface area contributed by atoms with Crippen molar-refractivity contribution < 1.29 is 41.0 Å². The molecule has 0 saturated carbocycles. The molecule has 2 aromatic rings. The first-order valence-electron chi connectivity index (χ1n) is 11.2. The van der Waals surface area contributed by atoms with Crippen LogP contribution in [0.25, 0.3) is 0 Å². The van der Waals surface area contributed by atoms with Crippen molar-refractivity contribution in [1.82, 2.24) is 9.36 Å². The van der Waals surface area contributed by atoms with Crippen LogP contribution in [0.3, 0.4) is 0 Å². The van der Waals surface area contributed by atoms with E-state index < -0.39 is 46.8 Å². The highest BCUT2D eigenvalue weighted by Gasteiger charge is 2.32. The van der Waals surface area contributed by atoms with Crippen molar-refractivity contribution in [3.63, 3.8) is 0 Å². The van der Waals surface area contributed by atoms with Crippen LogP contribution in [0.4, 0.5) is 26.3 Å². The standard InChI is InChI=1S/C24H31F6N3O3/c1-21(2,3)18-13-19(33(32(18)6)11-7-10-23(25,26)27)31-20(34)16-12-15(24(28,29)30)8-9-17(16)36-14-22(4,5)35/h8-9,12-13,35H,7,10-11,14H2,1-6H3/b31-19+. The van der Waals surface area contributed by atoms with E-state index in [2.05, 4.69) is 4.99 Å². The van der Waals surface area contributed by atoms with Crippen LogP contribution in [-0.2, 0) is 25.2 Å². The Morgan fingerprint density at radius 1 is 1.03 bits per heavy atom. The van der Waals surface area contributed by atoms with Gasteiger partial charge in [0.15, 0.2) is 5.49 Å². The average molecular weight is 524 g/mol. The number of hydrogen-bond acceptors (Lipinski definition) is 3. The Morgan fingerprint density at radius 3 is 2.14 bits per heavy atom. The van der Waals surface area contributed by atoms with Gasteiger partial charge in [0.1, 0.15) is 12.4 Å². The van der Waals surface area contributed by atoms with Crippen LogP contribution < -0.4 is 10.2 Å². The molecule has 12 heteroatoms. The lowest BCUT2D eigenvalue weighted by molar-refractivity contribution is -0.138. The summed E-state index contributed by atoms with van der Waals surface area (Å²) in [5, 5.41) is 9.91. The zero-order chi connectivity index (χ0) is 27.7. The summed E-state index contributed by atoms with van der Waals surface area (Å²) in [7, 11) is 1.61. The van der Waals surface area contributed by atoms with Crippen LogP contribution in [0.5, 0.6) is 5.75 Å². The summed E-state index contributed by atoms with van der Waals surface area (Å²) >= 11 is 0. The number of carbonyl (C=O) groups is 1. The fraction of sp³-hybridized carbons (Fsp3) is 0.583. The van der Waals surface area contributed by atoms with Gasteiger partial charge >= 0.3 is 12.4 Å². The molecule has 1 aromatic carbocycles. The molecule has 1 aromatic heterocycles. The molecular formula is C24H31F6N3O3. The van der Waals surface area contributed by atoms with E-state index in [0.29, 0.717) is 11.8 Å².